The molecule has 0 atom stereocenters. The summed E-state index contributed by atoms with van der Waals surface area (Å²) < 4.78 is 0. The molecular formula is C58H34. The third-order valence-electron chi connectivity index (χ3n) is 13.0. The van der Waals surface area contributed by atoms with Crippen molar-refractivity contribution in [1.29, 1.82) is 0 Å². The standard InChI is InChI=1S/C58H34/c1-2-10-35(11-3-1)52-34-53(58(48-19-7-6-18-44(48)52)51-31-27-41-23-21-37-13-9-15-39-26-30-50(51)57(41)55(37)39)47-33-32-45(42-16-4-5-17-43(42)47)46-28-24-40-22-20-36-12-8-14-38-25-29-49(46)56(40)54(36)38/h1-34H. The molecule has 13 aromatic carbocycles. The quantitative estimate of drug-likeness (QED) is 0.158. The maximum Gasteiger partial charge on any atom is -0.00199 e. The third-order valence-corrected chi connectivity index (χ3v) is 13.0. The van der Waals surface area contributed by atoms with Gasteiger partial charge in [-0.15, -0.1) is 0 Å². The van der Waals surface area contributed by atoms with Gasteiger partial charge in [-0.25, -0.2) is 0 Å². The van der Waals surface area contributed by atoms with Crippen molar-refractivity contribution >= 4 is 86.2 Å². The summed E-state index contributed by atoms with van der Waals surface area (Å²) in [4.78, 5) is 0. The van der Waals surface area contributed by atoms with Crippen LogP contribution in [0.2, 0.25) is 0 Å². The van der Waals surface area contributed by atoms with Gasteiger partial charge in [0.2, 0.25) is 0 Å². The highest BCUT2D eigenvalue weighted by molar-refractivity contribution is 6.29. The zero-order chi connectivity index (χ0) is 37.9. The van der Waals surface area contributed by atoms with Crippen molar-refractivity contribution in [2.75, 3.05) is 0 Å². The van der Waals surface area contributed by atoms with E-state index in [0.717, 1.165) is 0 Å². The lowest BCUT2D eigenvalue weighted by atomic mass is 9.81. The summed E-state index contributed by atoms with van der Waals surface area (Å²) in [6.45, 7) is 0. The Labute approximate surface area is 335 Å². The zero-order valence-corrected chi connectivity index (χ0v) is 31.6. The van der Waals surface area contributed by atoms with Crippen LogP contribution in [0.25, 0.3) is 131 Å². The molecule has 0 amide bonds. The van der Waals surface area contributed by atoms with Crippen molar-refractivity contribution in [3.8, 4) is 44.5 Å². The molecule has 0 saturated carbocycles. The van der Waals surface area contributed by atoms with Crippen LogP contribution in [-0.2, 0) is 0 Å². The van der Waals surface area contributed by atoms with Gasteiger partial charge in [0.1, 0.15) is 0 Å². The normalized spacial score (nSPS) is 12.1. The summed E-state index contributed by atoms with van der Waals surface area (Å²) in [5.41, 5.74) is 10.00. The van der Waals surface area contributed by atoms with Crippen LogP contribution in [0.5, 0.6) is 0 Å². The van der Waals surface area contributed by atoms with Gasteiger partial charge in [0.05, 0.1) is 0 Å². The Kier molecular flexibility index (Phi) is 6.54. The Morgan fingerprint density at radius 1 is 0.190 bits per heavy atom. The summed E-state index contributed by atoms with van der Waals surface area (Å²) in [6.07, 6.45) is 0. The predicted octanol–water partition coefficient (Wildman–Crippen LogP) is 16.5. The van der Waals surface area contributed by atoms with E-state index in [2.05, 4.69) is 206 Å². The molecule has 0 aliphatic heterocycles. The van der Waals surface area contributed by atoms with Crippen molar-refractivity contribution in [2.45, 2.75) is 0 Å². The molecule has 0 heterocycles. The molecule has 0 heteroatoms. The summed E-state index contributed by atoms with van der Waals surface area (Å²) in [7, 11) is 0. The van der Waals surface area contributed by atoms with Gasteiger partial charge in [0.25, 0.3) is 0 Å². The molecule has 0 N–H and O–H groups in total. The second kappa shape index (κ2) is 12.0. The summed E-state index contributed by atoms with van der Waals surface area (Å²) >= 11 is 0. The molecule has 0 aromatic heterocycles. The van der Waals surface area contributed by atoms with E-state index in [9.17, 15) is 0 Å². The largest absolute Gasteiger partial charge is 0.0622 e. The number of hydrogen-bond donors (Lipinski definition) is 0. The Hall–Kier alpha value is -7.54. The van der Waals surface area contributed by atoms with Gasteiger partial charge in [-0.05, 0) is 137 Å². The fraction of sp³-hybridized carbons (Fsp3) is 0. The fourth-order valence-electron chi connectivity index (χ4n) is 10.4. The lowest BCUT2D eigenvalue weighted by Gasteiger charge is -2.22. The van der Waals surface area contributed by atoms with Gasteiger partial charge in [-0.1, -0.05) is 200 Å². The van der Waals surface area contributed by atoms with Crippen LogP contribution >= 0.6 is 0 Å². The average molecular weight is 731 g/mol. The SMILES string of the molecule is c1ccc(-c2cc(-c3ccc(-c4ccc5ccc6cccc7ccc4c5c67)c4ccccc34)c(-c3ccc4ccc5cccc6ccc3c4c56)c3ccccc23)cc1. The topological polar surface area (TPSA) is 0 Å². The van der Waals surface area contributed by atoms with Crippen LogP contribution in [0.4, 0.5) is 0 Å². The van der Waals surface area contributed by atoms with E-state index in [1.807, 2.05) is 0 Å². The highest BCUT2D eigenvalue weighted by Crippen LogP contribution is 2.50. The van der Waals surface area contributed by atoms with Gasteiger partial charge in [0, 0.05) is 0 Å². The summed E-state index contributed by atoms with van der Waals surface area (Å²) in [5, 5.41) is 20.7. The maximum atomic E-state index is 2.47. The first-order valence-electron chi connectivity index (χ1n) is 20.3. The van der Waals surface area contributed by atoms with E-state index >= 15 is 0 Å². The minimum atomic E-state index is 1.22. The molecule has 0 unspecified atom stereocenters. The second-order valence-electron chi connectivity index (χ2n) is 15.9. The highest BCUT2D eigenvalue weighted by Gasteiger charge is 2.22. The van der Waals surface area contributed by atoms with Crippen molar-refractivity contribution in [1.82, 2.24) is 0 Å². The highest BCUT2D eigenvalue weighted by atomic mass is 14.3. The first kappa shape index (κ1) is 31.6. The van der Waals surface area contributed by atoms with Gasteiger partial charge >= 0.3 is 0 Å². The smallest absolute Gasteiger partial charge is 0.00199 e. The molecule has 0 bridgehead atoms. The lowest BCUT2D eigenvalue weighted by Crippen LogP contribution is -1.95. The van der Waals surface area contributed by atoms with Crippen molar-refractivity contribution in [3.05, 3.63) is 206 Å². The first-order chi connectivity index (χ1) is 28.8. The summed E-state index contributed by atoms with van der Waals surface area (Å²) in [6, 6.07) is 77.3. The van der Waals surface area contributed by atoms with Gasteiger partial charge in [-0.2, -0.15) is 0 Å². The molecule has 266 valence electrons. The van der Waals surface area contributed by atoms with Gasteiger partial charge < -0.3 is 0 Å². The fourth-order valence-corrected chi connectivity index (χ4v) is 10.4. The maximum absolute atomic E-state index is 2.47. The number of benzene rings is 13. The molecular weight excluding hydrogens is 697 g/mol. The van der Waals surface area contributed by atoms with E-state index < -0.39 is 0 Å². The predicted molar refractivity (Wildman–Crippen MR) is 251 cm³/mol. The number of fused-ring (bicyclic) bond motifs is 2. The zero-order valence-electron chi connectivity index (χ0n) is 31.6. The van der Waals surface area contributed by atoms with Crippen LogP contribution in [0, 0.1) is 0 Å². The van der Waals surface area contributed by atoms with E-state index in [0.29, 0.717) is 0 Å². The molecule has 13 rings (SSSR count). The summed E-state index contributed by atoms with van der Waals surface area (Å²) in [5.74, 6) is 0. The molecule has 0 aliphatic rings. The van der Waals surface area contributed by atoms with Gasteiger partial charge in [0.15, 0.2) is 0 Å². The van der Waals surface area contributed by atoms with Crippen molar-refractivity contribution < 1.29 is 0 Å². The monoisotopic (exact) mass is 730 g/mol. The minimum absolute atomic E-state index is 1.22. The van der Waals surface area contributed by atoms with Crippen LogP contribution in [0.1, 0.15) is 0 Å². The Bertz CT molecular complexity index is 3740. The average Bonchev–Trinajstić information content (AvgIpc) is 3.29. The Balaban J connectivity index is 1.14. The molecule has 13 aromatic rings. The second-order valence-corrected chi connectivity index (χ2v) is 15.9. The van der Waals surface area contributed by atoms with Crippen molar-refractivity contribution in [3.63, 3.8) is 0 Å². The first-order valence-corrected chi connectivity index (χ1v) is 20.3. The van der Waals surface area contributed by atoms with E-state index in [1.165, 1.54) is 131 Å². The van der Waals surface area contributed by atoms with Crippen LogP contribution in [0.15, 0.2) is 206 Å². The van der Waals surface area contributed by atoms with Crippen LogP contribution in [-0.4, -0.2) is 0 Å². The lowest BCUT2D eigenvalue weighted by molar-refractivity contribution is 1.62. The van der Waals surface area contributed by atoms with E-state index in [4.69, 9.17) is 0 Å². The molecule has 58 heavy (non-hydrogen) atoms. The van der Waals surface area contributed by atoms with Gasteiger partial charge in [-0.3, -0.25) is 0 Å². The number of hydrogen-bond acceptors (Lipinski definition) is 0. The van der Waals surface area contributed by atoms with E-state index in [-0.39, 0.29) is 0 Å². The minimum Gasteiger partial charge on any atom is -0.0622 e. The van der Waals surface area contributed by atoms with Crippen LogP contribution < -0.4 is 0 Å². The van der Waals surface area contributed by atoms with E-state index in [1.54, 1.807) is 0 Å². The molecule has 0 spiro atoms. The third kappa shape index (κ3) is 4.40. The molecule has 0 fully saturated rings. The number of rotatable bonds is 4. The molecule has 0 saturated heterocycles. The molecule has 0 radical (unpaired) electrons. The molecule has 0 nitrogen and oxygen atoms in total. The van der Waals surface area contributed by atoms with Crippen LogP contribution in [0.3, 0.4) is 0 Å². The molecule has 0 aliphatic carbocycles. The van der Waals surface area contributed by atoms with Crippen molar-refractivity contribution in [2.24, 2.45) is 0 Å². The Morgan fingerprint density at radius 2 is 0.569 bits per heavy atom. The Morgan fingerprint density at radius 3 is 1.14 bits per heavy atom.